The molecule has 0 aliphatic rings. The molecule has 24 heavy (non-hydrogen) atoms. The van der Waals surface area contributed by atoms with Crippen LogP contribution in [-0.4, -0.2) is 26.4 Å². The van der Waals surface area contributed by atoms with Crippen LogP contribution >= 0.6 is 0 Å². The van der Waals surface area contributed by atoms with Crippen LogP contribution in [0, 0.1) is 5.92 Å². The van der Waals surface area contributed by atoms with E-state index in [2.05, 4.69) is 45.0 Å². The van der Waals surface area contributed by atoms with Crippen LogP contribution in [0.1, 0.15) is 70.4 Å². The Balaban J connectivity index is 1.91. The van der Waals surface area contributed by atoms with Crippen molar-refractivity contribution in [2.75, 3.05) is 26.4 Å². The molecule has 138 valence electrons. The van der Waals surface area contributed by atoms with E-state index in [9.17, 15) is 0 Å². The molecule has 1 aromatic rings. The first kappa shape index (κ1) is 21.2. The quantitative estimate of drug-likeness (QED) is 0.376. The van der Waals surface area contributed by atoms with Crippen molar-refractivity contribution in [3.63, 3.8) is 0 Å². The Hall–Kier alpha value is -0.860. The molecular weight excluding hydrogens is 296 g/mol. The maximum Gasteiger partial charge on any atom is 0.0700 e. The van der Waals surface area contributed by atoms with E-state index in [1.54, 1.807) is 0 Å². The summed E-state index contributed by atoms with van der Waals surface area (Å²) in [7, 11) is 0. The molecule has 0 aromatic heterocycles. The van der Waals surface area contributed by atoms with Crippen LogP contribution in [0.3, 0.4) is 0 Å². The summed E-state index contributed by atoms with van der Waals surface area (Å²) in [5, 5.41) is 0. The monoisotopic (exact) mass is 334 g/mol. The highest BCUT2D eigenvalue weighted by Gasteiger charge is 1.99. The van der Waals surface area contributed by atoms with E-state index in [4.69, 9.17) is 9.47 Å². The average Bonchev–Trinajstić information content (AvgIpc) is 2.57. The number of aryl methyl sites for hydroxylation is 1. The highest BCUT2D eigenvalue weighted by Crippen LogP contribution is 2.11. The van der Waals surface area contributed by atoms with Crippen molar-refractivity contribution in [1.82, 2.24) is 0 Å². The molecule has 1 aromatic carbocycles. The summed E-state index contributed by atoms with van der Waals surface area (Å²) in [4.78, 5) is 0. The summed E-state index contributed by atoms with van der Waals surface area (Å²) in [6, 6.07) is 9.06. The largest absolute Gasteiger partial charge is 0.379 e. The van der Waals surface area contributed by atoms with Crippen LogP contribution in [0.25, 0.3) is 0 Å². The lowest BCUT2D eigenvalue weighted by atomic mass is 10.0. The molecule has 0 aliphatic heterocycles. The summed E-state index contributed by atoms with van der Waals surface area (Å²) in [6.07, 6.45) is 9.83. The zero-order valence-corrected chi connectivity index (χ0v) is 16.2. The Labute approximate surface area is 149 Å². The Bertz CT molecular complexity index is 383. The van der Waals surface area contributed by atoms with Gasteiger partial charge in [-0.15, -0.1) is 0 Å². The van der Waals surface area contributed by atoms with Gasteiger partial charge in [0, 0.05) is 13.2 Å². The predicted octanol–water partition coefficient (Wildman–Crippen LogP) is 5.82. The van der Waals surface area contributed by atoms with Gasteiger partial charge in [-0.3, -0.25) is 0 Å². The number of rotatable bonds is 15. The van der Waals surface area contributed by atoms with Gasteiger partial charge in [-0.1, -0.05) is 70.7 Å². The van der Waals surface area contributed by atoms with Gasteiger partial charge in [-0.2, -0.15) is 0 Å². The molecule has 0 atom stereocenters. The molecule has 0 saturated heterocycles. The van der Waals surface area contributed by atoms with E-state index in [1.807, 2.05) is 0 Å². The predicted molar refractivity (Wildman–Crippen MR) is 104 cm³/mol. The summed E-state index contributed by atoms with van der Waals surface area (Å²) in [5.41, 5.74) is 2.85. The second-order valence-electron chi connectivity index (χ2n) is 7.16. The standard InChI is InChI=1S/C22H38O2/c1-4-5-6-7-8-15-23-17-18-24-16-9-10-21-11-13-22(14-12-21)19-20(2)3/h11-14,20H,4-10,15-19H2,1-3H3. The molecule has 0 spiro atoms. The summed E-state index contributed by atoms with van der Waals surface area (Å²) in [5.74, 6) is 0.725. The van der Waals surface area contributed by atoms with Crippen LogP contribution < -0.4 is 0 Å². The third-order valence-corrected chi connectivity index (χ3v) is 4.19. The van der Waals surface area contributed by atoms with Gasteiger partial charge in [-0.05, 0) is 42.7 Å². The van der Waals surface area contributed by atoms with Gasteiger partial charge >= 0.3 is 0 Å². The fourth-order valence-electron chi connectivity index (χ4n) is 2.82. The number of ether oxygens (including phenoxy) is 2. The molecule has 0 radical (unpaired) electrons. The minimum Gasteiger partial charge on any atom is -0.379 e. The third-order valence-electron chi connectivity index (χ3n) is 4.19. The number of hydrogen-bond donors (Lipinski definition) is 0. The van der Waals surface area contributed by atoms with E-state index in [-0.39, 0.29) is 0 Å². The van der Waals surface area contributed by atoms with Gasteiger partial charge in [0.1, 0.15) is 0 Å². The van der Waals surface area contributed by atoms with Crippen molar-refractivity contribution in [3.8, 4) is 0 Å². The molecular formula is C22H38O2. The number of unbranched alkanes of at least 4 members (excludes halogenated alkanes) is 4. The maximum atomic E-state index is 5.65. The maximum absolute atomic E-state index is 5.65. The highest BCUT2D eigenvalue weighted by molar-refractivity contribution is 5.22. The first-order chi connectivity index (χ1) is 11.7. The zero-order chi connectivity index (χ0) is 17.5. The van der Waals surface area contributed by atoms with E-state index >= 15 is 0 Å². The number of benzene rings is 1. The molecule has 0 amide bonds. The Kier molecular flexibility index (Phi) is 12.8. The molecule has 2 heteroatoms. The fourth-order valence-corrected chi connectivity index (χ4v) is 2.82. The molecule has 0 fully saturated rings. The summed E-state index contributed by atoms with van der Waals surface area (Å²) in [6.45, 7) is 9.95. The van der Waals surface area contributed by atoms with Crippen molar-refractivity contribution in [1.29, 1.82) is 0 Å². The average molecular weight is 335 g/mol. The lowest BCUT2D eigenvalue weighted by molar-refractivity contribution is 0.0455. The lowest BCUT2D eigenvalue weighted by Gasteiger charge is -2.08. The Morgan fingerprint density at radius 2 is 1.29 bits per heavy atom. The highest BCUT2D eigenvalue weighted by atomic mass is 16.5. The molecule has 0 aliphatic carbocycles. The van der Waals surface area contributed by atoms with E-state index in [0.29, 0.717) is 0 Å². The molecule has 2 nitrogen and oxygen atoms in total. The van der Waals surface area contributed by atoms with Gasteiger partial charge in [-0.25, -0.2) is 0 Å². The normalized spacial score (nSPS) is 11.3. The Morgan fingerprint density at radius 1 is 0.708 bits per heavy atom. The van der Waals surface area contributed by atoms with Crippen molar-refractivity contribution >= 4 is 0 Å². The fraction of sp³-hybridized carbons (Fsp3) is 0.727. The molecule has 0 heterocycles. The molecule has 0 bridgehead atoms. The summed E-state index contributed by atoms with van der Waals surface area (Å²) >= 11 is 0. The van der Waals surface area contributed by atoms with Crippen LogP contribution in [0.15, 0.2) is 24.3 Å². The van der Waals surface area contributed by atoms with Crippen LogP contribution in [0.4, 0.5) is 0 Å². The first-order valence-electron chi connectivity index (χ1n) is 9.95. The first-order valence-corrected chi connectivity index (χ1v) is 9.95. The second kappa shape index (κ2) is 14.5. The third kappa shape index (κ3) is 11.6. The smallest absolute Gasteiger partial charge is 0.0700 e. The van der Waals surface area contributed by atoms with Crippen molar-refractivity contribution in [3.05, 3.63) is 35.4 Å². The SMILES string of the molecule is CCCCCCCOCCOCCCc1ccc(CC(C)C)cc1. The van der Waals surface area contributed by atoms with Crippen LogP contribution in [-0.2, 0) is 22.3 Å². The topological polar surface area (TPSA) is 18.5 Å². The molecule has 0 unspecified atom stereocenters. The van der Waals surface area contributed by atoms with Gasteiger partial charge in [0.25, 0.3) is 0 Å². The van der Waals surface area contributed by atoms with E-state index < -0.39 is 0 Å². The van der Waals surface area contributed by atoms with Gasteiger partial charge in [0.2, 0.25) is 0 Å². The zero-order valence-electron chi connectivity index (χ0n) is 16.2. The van der Waals surface area contributed by atoms with Gasteiger partial charge < -0.3 is 9.47 Å². The molecule has 1 rings (SSSR count). The molecule has 0 saturated carbocycles. The lowest BCUT2D eigenvalue weighted by Crippen LogP contribution is -2.06. The second-order valence-corrected chi connectivity index (χ2v) is 7.16. The van der Waals surface area contributed by atoms with Crippen LogP contribution in [0.5, 0.6) is 0 Å². The van der Waals surface area contributed by atoms with E-state index in [0.717, 1.165) is 45.2 Å². The minimum absolute atomic E-state index is 0.724. The van der Waals surface area contributed by atoms with Crippen LogP contribution in [0.2, 0.25) is 0 Å². The van der Waals surface area contributed by atoms with E-state index in [1.165, 1.54) is 49.7 Å². The number of hydrogen-bond acceptors (Lipinski definition) is 2. The van der Waals surface area contributed by atoms with Gasteiger partial charge in [0.15, 0.2) is 0 Å². The van der Waals surface area contributed by atoms with Gasteiger partial charge in [0.05, 0.1) is 13.2 Å². The molecule has 0 N–H and O–H groups in total. The summed E-state index contributed by atoms with van der Waals surface area (Å²) < 4.78 is 11.3. The van der Waals surface area contributed by atoms with Crippen molar-refractivity contribution in [2.24, 2.45) is 5.92 Å². The minimum atomic E-state index is 0.724. The Morgan fingerprint density at radius 3 is 1.92 bits per heavy atom. The van der Waals surface area contributed by atoms with Crippen molar-refractivity contribution < 1.29 is 9.47 Å². The van der Waals surface area contributed by atoms with Crippen molar-refractivity contribution in [2.45, 2.75) is 72.1 Å².